The van der Waals surface area contributed by atoms with E-state index in [4.69, 9.17) is 9.97 Å². The van der Waals surface area contributed by atoms with E-state index in [1.54, 1.807) is 12.1 Å². The van der Waals surface area contributed by atoms with Crippen LogP contribution >= 0.6 is 0 Å². The molecule has 1 saturated heterocycles. The molecule has 2 N–H and O–H groups in total. The highest BCUT2D eigenvalue weighted by Gasteiger charge is 2.36. The first-order chi connectivity index (χ1) is 13.2. The van der Waals surface area contributed by atoms with E-state index in [0.717, 1.165) is 42.4 Å². The second-order valence-corrected chi connectivity index (χ2v) is 7.92. The molecule has 3 unspecified atom stereocenters. The summed E-state index contributed by atoms with van der Waals surface area (Å²) >= 11 is 0. The summed E-state index contributed by atoms with van der Waals surface area (Å²) in [6.45, 7) is 3.24. The van der Waals surface area contributed by atoms with Crippen molar-refractivity contribution in [3.05, 3.63) is 47.5 Å². The van der Waals surface area contributed by atoms with Crippen LogP contribution in [0.3, 0.4) is 0 Å². The van der Waals surface area contributed by atoms with Crippen LogP contribution in [0.2, 0.25) is 0 Å². The first kappa shape index (κ1) is 18.4. The molecule has 2 heterocycles. The number of piperidine rings is 1. The van der Waals surface area contributed by atoms with E-state index in [-0.39, 0.29) is 5.82 Å². The highest BCUT2D eigenvalue weighted by molar-refractivity contribution is 5.53. The molecule has 144 valence electrons. The molecule has 4 nitrogen and oxygen atoms in total. The Kier molecular flexibility index (Phi) is 5.67. The van der Waals surface area contributed by atoms with Crippen LogP contribution in [0.4, 0.5) is 16.0 Å². The summed E-state index contributed by atoms with van der Waals surface area (Å²) < 4.78 is 13.2. The number of aromatic nitrogens is 2. The summed E-state index contributed by atoms with van der Waals surface area (Å²) in [5.74, 6) is 1.87. The number of fused-ring (bicyclic) bond motifs is 1. The van der Waals surface area contributed by atoms with Crippen LogP contribution in [0.1, 0.15) is 62.9 Å². The number of aryl methyl sites for hydroxylation is 1. The zero-order valence-corrected chi connectivity index (χ0v) is 16.0. The maximum absolute atomic E-state index is 13.2. The first-order valence-electron chi connectivity index (χ1n) is 10.4. The predicted octanol–water partition coefficient (Wildman–Crippen LogP) is 5.15. The second kappa shape index (κ2) is 8.34. The Bertz CT molecular complexity index is 759. The highest BCUT2D eigenvalue weighted by atomic mass is 19.1. The van der Waals surface area contributed by atoms with Gasteiger partial charge in [-0.15, -0.1) is 0 Å². The van der Waals surface area contributed by atoms with Crippen molar-refractivity contribution in [3.63, 3.8) is 0 Å². The van der Waals surface area contributed by atoms with Crippen molar-refractivity contribution in [3.8, 4) is 0 Å². The van der Waals surface area contributed by atoms with Crippen molar-refractivity contribution in [1.29, 1.82) is 0 Å². The fourth-order valence-corrected chi connectivity index (χ4v) is 4.71. The van der Waals surface area contributed by atoms with Crippen molar-refractivity contribution >= 4 is 11.6 Å². The molecular formula is C22H29FN4. The number of halogens is 1. The maximum Gasteiger partial charge on any atom is 0.227 e. The van der Waals surface area contributed by atoms with Crippen LogP contribution in [0.5, 0.6) is 0 Å². The Morgan fingerprint density at radius 2 is 1.93 bits per heavy atom. The normalized spacial score (nSPS) is 25.0. The molecule has 1 aliphatic carbocycles. The molecule has 2 fully saturated rings. The van der Waals surface area contributed by atoms with Gasteiger partial charge in [0.05, 0.1) is 11.7 Å². The third-order valence-electron chi connectivity index (χ3n) is 6.00. The van der Waals surface area contributed by atoms with Gasteiger partial charge in [-0.2, -0.15) is 0 Å². The van der Waals surface area contributed by atoms with Crippen molar-refractivity contribution in [2.75, 3.05) is 11.9 Å². The maximum atomic E-state index is 13.2. The summed E-state index contributed by atoms with van der Waals surface area (Å²) in [5.41, 5.74) is 2.99. The SMILES string of the molecule is CCCc1cc(C2NCCC3CCCCC32)nc(Nc2ccc(F)cc2)n1. The third-order valence-corrected chi connectivity index (χ3v) is 6.00. The summed E-state index contributed by atoms with van der Waals surface area (Å²) in [5, 5.41) is 7.00. The molecule has 27 heavy (non-hydrogen) atoms. The highest BCUT2D eigenvalue weighted by Crippen LogP contribution is 2.42. The Hall–Kier alpha value is -2.01. The zero-order valence-electron chi connectivity index (χ0n) is 16.0. The van der Waals surface area contributed by atoms with Gasteiger partial charge in [0, 0.05) is 11.4 Å². The molecule has 1 aromatic carbocycles. The van der Waals surface area contributed by atoms with E-state index in [1.165, 1.54) is 44.2 Å². The smallest absolute Gasteiger partial charge is 0.227 e. The van der Waals surface area contributed by atoms with Crippen LogP contribution in [0, 0.1) is 17.7 Å². The van der Waals surface area contributed by atoms with Crippen LogP contribution in [-0.4, -0.2) is 16.5 Å². The van der Waals surface area contributed by atoms with E-state index in [9.17, 15) is 4.39 Å². The van der Waals surface area contributed by atoms with Crippen LogP contribution in [0.15, 0.2) is 30.3 Å². The van der Waals surface area contributed by atoms with Gasteiger partial charge >= 0.3 is 0 Å². The number of nitrogens with one attached hydrogen (secondary N) is 2. The van der Waals surface area contributed by atoms with Crippen molar-refractivity contribution in [1.82, 2.24) is 15.3 Å². The molecule has 0 amide bonds. The van der Waals surface area contributed by atoms with Crippen LogP contribution < -0.4 is 10.6 Å². The number of anilines is 2. The van der Waals surface area contributed by atoms with E-state index in [2.05, 4.69) is 23.6 Å². The van der Waals surface area contributed by atoms with E-state index in [0.29, 0.717) is 17.9 Å². The van der Waals surface area contributed by atoms with Gasteiger partial charge in [-0.25, -0.2) is 14.4 Å². The van der Waals surface area contributed by atoms with E-state index in [1.807, 2.05) is 0 Å². The lowest BCUT2D eigenvalue weighted by Crippen LogP contribution is -2.41. The van der Waals surface area contributed by atoms with E-state index < -0.39 is 0 Å². The number of hydrogen-bond acceptors (Lipinski definition) is 4. The first-order valence-corrected chi connectivity index (χ1v) is 10.4. The predicted molar refractivity (Wildman–Crippen MR) is 107 cm³/mol. The van der Waals surface area contributed by atoms with Gasteiger partial charge < -0.3 is 10.6 Å². The zero-order chi connectivity index (χ0) is 18.6. The fourth-order valence-electron chi connectivity index (χ4n) is 4.71. The van der Waals surface area contributed by atoms with Crippen molar-refractivity contribution in [2.24, 2.45) is 11.8 Å². The lowest BCUT2D eigenvalue weighted by atomic mass is 9.71. The van der Waals surface area contributed by atoms with E-state index >= 15 is 0 Å². The summed E-state index contributed by atoms with van der Waals surface area (Å²) in [6, 6.07) is 8.86. The quantitative estimate of drug-likeness (QED) is 0.766. The molecule has 0 radical (unpaired) electrons. The number of nitrogens with zero attached hydrogens (tertiary/aromatic N) is 2. The topological polar surface area (TPSA) is 49.8 Å². The molecule has 3 atom stereocenters. The standard InChI is InChI=1S/C22H29FN4/c1-2-5-18-14-20(21-19-7-4-3-6-15(19)12-13-24-21)27-22(26-18)25-17-10-8-16(23)9-11-17/h8-11,14-15,19,21,24H,2-7,12-13H2,1H3,(H,25,26,27). The molecule has 1 saturated carbocycles. The minimum Gasteiger partial charge on any atom is -0.324 e. The lowest BCUT2D eigenvalue weighted by molar-refractivity contribution is 0.132. The van der Waals surface area contributed by atoms with Gasteiger partial charge in [-0.05, 0) is 68.0 Å². The Morgan fingerprint density at radius 1 is 1.11 bits per heavy atom. The van der Waals surface area contributed by atoms with Gasteiger partial charge in [0.1, 0.15) is 5.82 Å². The fraction of sp³-hybridized carbons (Fsp3) is 0.545. The minimum atomic E-state index is -0.239. The van der Waals surface area contributed by atoms with Crippen LogP contribution in [0.25, 0.3) is 0 Å². The third kappa shape index (κ3) is 4.29. The number of rotatable bonds is 5. The van der Waals surface area contributed by atoms with Gasteiger partial charge in [-0.1, -0.05) is 32.6 Å². The number of benzene rings is 1. The largest absolute Gasteiger partial charge is 0.324 e. The minimum absolute atomic E-state index is 0.239. The Labute approximate surface area is 161 Å². The average Bonchev–Trinajstić information content (AvgIpc) is 2.69. The van der Waals surface area contributed by atoms with Crippen molar-refractivity contribution < 1.29 is 4.39 Å². The van der Waals surface area contributed by atoms with Crippen LogP contribution in [-0.2, 0) is 6.42 Å². The summed E-state index contributed by atoms with van der Waals surface area (Å²) in [7, 11) is 0. The second-order valence-electron chi connectivity index (χ2n) is 7.92. The summed E-state index contributed by atoms with van der Waals surface area (Å²) in [4.78, 5) is 9.57. The monoisotopic (exact) mass is 368 g/mol. The molecule has 2 aromatic rings. The van der Waals surface area contributed by atoms with Gasteiger partial charge in [0.2, 0.25) is 5.95 Å². The summed E-state index contributed by atoms with van der Waals surface area (Å²) in [6.07, 6.45) is 8.62. The molecule has 0 spiro atoms. The van der Waals surface area contributed by atoms with Gasteiger partial charge in [-0.3, -0.25) is 0 Å². The number of hydrogen-bond donors (Lipinski definition) is 2. The Balaban J connectivity index is 1.62. The van der Waals surface area contributed by atoms with Gasteiger partial charge in [0.25, 0.3) is 0 Å². The van der Waals surface area contributed by atoms with Gasteiger partial charge in [0.15, 0.2) is 0 Å². The molecular weight excluding hydrogens is 339 g/mol. The Morgan fingerprint density at radius 3 is 2.74 bits per heavy atom. The average molecular weight is 368 g/mol. The van der Waals surface area contributed by atoms with Crippen molar-refractivity contribution in [2.45, 2.75) is 57.9 Å². The molecule has 1 aliphatic heterocycles. The lowest BCUT2D eigenvalue weighted by Gasteiger charge is -2.41. The molecule has 5 heteroatoms. The molecule has 4 rings (SSSR count). The molecule has 1 aromatic heterocycles. The molecule has 2 aliphatic rings. The molecule has 0 bridgehead atoms.